The van der Waals surface area contributed by atoms with Crippen molar-refractivity contribution >= 4 is 0 Å². The summed E-state index contributed by atoms with van der Waals surface area (Å²) < 4.78 is 0. The van der Waals surface area contributed by atoms with Crippen molar-refractivity contribution in [2.24, 2.45) is 23.5 Å². The average molecular weight is 280 g/mol. The zero-order chi connectivity index (χ0) is 14.5. The lowest BCUT2D eigenvalue weighted by atomic mass is 9.77. The minimum absolute atomic E-state index is 0.749. The van der Waals surface area contributed by atoms with Gasteiger partial charge in [-0.2, -0.15) is 0 Å². The van der Waals surface area contributed by atoms with E-state index in [1.165, 1.54) is 57.9 Å². The molecule has 3 unspecified atom stereocenters. The summed E-state index contributed by atoms with van der Waals surface area (Å²) >= 11 is 0. The Kier molecular flexibility index (Phi) is 6.35. The van der Waals surface area contributed by atoms with Crippen LogP contribution in [0.3, 0.4) is 0 Å². The van der Waals surface area contributed by atoms with E-state index in [1.54, 1.807) is 0 Å². The van der Waals surface area contributed by atoms with E-state index in [-0.39, 0.29) is 0 Å². The summed E-state index contributed by atoms with van der Waals surface area (Å²) in [4.78, 5) is 2.90. The van der Waals surface area contributed by atoms with Gasteiger partial charge in [0, 0.05) is 12.1 Å². The molecule has 0 amide bonds. The predicted octanol–water partition coefficient (Wildman–Crippen LogP) is 4.04. The zero-order valence-corrected chi connectivity index (χ0v) is 14.0. The fourth-order valence-electron chi connectivity index (χ4n) is 4.36. The van der Waals surface area contributed by atoms with Crippen LogP contribution in [0.15, 0.2) is 0 Å². The van der Waals surface area contributed by atoms with Gasteiger partial charge in [0.1, 0.15) is 0 Å². The predicted molar refractivity (Wildman–Crippen MR) is 87.8 cm³/mol. The standard InChI is InChI=1S/C18H36N2/c1-14(2)10-11-20(17-6-4-5-7-17)18-12-15(3)8-9-16(18)13-19/h14-18H,4-13,19H2,1-3H3. The molecule has 0 saturated heterocycles. The van der Waals surface area contributed by atoms with Gasteiger partial charge in [0.25, 0.3) is 0 Å². The van der Waals surface area contributed by atoms with Gasteiger partial charge in [-0.3, -0.25) is 4.90 Å². The zero-order valence-electron chi connectivity index (χ0n) is 14.0. The lowest BCUT2D eigenvalue weighted by Crippen LogP contribution is -2.50. The van der Waals surface area contributed by atoms with E-state index in [1.807, 2.05) is 0 Å². The Balaban J connectivity index is 2.05. The average Bonchev–Trinajstić information content (AvgIpc) is 2.93. The summed E-state index contributed by atoms with van der Waals surface area (Å²) in [6.07, 6.45) is 11.2. The van der Waals surface area contributed by atoms with E-state index in [4.69, 9.17) is 5.73 Å². The lowest BCUT2D eigenvalue weighted by molar-refractivity contribution is 0.0474. The van der Waals surface area contributed by atoms with Crippen molar-refractivity contribution in [1.82, 2.24) is 4.90 Å². The van der Waals surface area contributed by atoms with Crippen molar-refractivity contribution in [3.05, 3.63) is 0 Å². The molecule has 0 aromatic carbocycles. The van der Waals surface area contributed by atoms with Gasteiger partial charge < -0.3 is 5.73 Å². The molecule has 2 heteroatoms. The molecule has 0 spiro atoms. The van der Waals surface area contributed by atoms with E-state index in [0.717, 1.165) is 36.4 Å². The van der Waals surface area contributed by atoms with Crippen molar-refractivity contribution < 1.29 is 0 Å². The molecule has 2 aliphatic rings. The van der Waals surface area contributed by atoms with Gasteiger partial charge in [0.05, 0.1) is 0 Å². The minimum atomic E-state index is 0.749. The Labute approximate surface area is 126 Å². The van der Waals surface area contributed by atoms with Gasteiger partial charge >= 0.3 is 0 Å². The molecular formula is C18H36N2. The van der Waals surface area contributed by atoms with Crippen LogP contribution in [0.2, 0.25) is 0 Å². The summed E-state index contributed by atoms with van der Waals surface area (Å²) in [5, 5.41) is 0. The first-order valence-electron chi connectivity index (χ1n) is 9.07. The summed E-state index contributed by atoms with van der Waals surface area (Å²) in [7, 11) is 0. The third-order valence-corrected chi connectivity index (χ3v) is 5.71. The molecule has 0 aromatic rings. The van der Waals surface area contributed by atoms with Gasteiger partial charge in [-0.15, -0.1) is 0 Å². The van der Waals surface area contributed by atoms with Crippen LogP contribution < -0.4 is 5.73 Å². The second-order valence-corrected chi connectivity index (χ2v) is 7.84. The number of hydrogen-bond donors (Lipinski definition) is 1. The molecule has 0 aliphatic heterocycles. The van der Waals surface area contributed by atoms with Crippen molar-refractivity contribution in [2.45, 2.75) is 84.2 Å². The molecule has 0 aromatic heterocycles. The summed E-state index contributed by atoms with van der Waals surface area (Å²) in [6, 6.07) is 1.63. The number of hydrogen-bond acceptors (Lipinski definition) is 2. The Morgan fingerprint density at radius 1 is 1.10 bits per heavy atom. The van der Waals surface area contributed by atoms with Crippen LogP contribution >= 0.6 is 0 Å². The van der Waals surface area contributed by atoms with E-state index < -0.39 is 0 Å². The highest BCUT2D eigenvalue weighted by Crippen LogP contribution is 2.36. The third-order valence-electron chi connectivity index (χ3n) is 5.71. The molecule has 20 heavy (non-hydrogen) atoms. The molecule has 2 nitrogen and oxygen atoms in total. The van der Waals surface area contributed by atoms with Crippen molar-refractivity contribution in [3.8, 4) is 0 Å². The molecule has 0 bridgehead atoms. The Bertz CT molecular complexity index is 271. The topological polar surface area (TPSA) is 29.3 Å². The molecule has 2 saturated carbocycles. The van der Waals surface area contributed by atoms with Gasteiger partial charge in [-0.1, -0.05) is 40.0 Å². The SMILES string of the molecule is CC(C)CCN(C1CCCC1)C1CC(C)CCC1CN. The Morgan fingerprint density at radius 3 is 2.40 bits per heavy atom. The van der Waals surface area contributed by atoms with E-state index in [0.29, 0.717) is 0 Å². The molecule has 0 radical (unpaired) electrons. The fourth-order valence-corrected chi connectivity index (χ4v) is 4.36. The molecule has 0 heterocycles. The third kappa shape index (κ3) is 4.21. The maximum absolute atomic E-state index is 6.10. The quantitative estimate of drug-likeness (QED) is 0.795. The molecule has 2 rings (SSSR count). The van der Waals surface area contributed by atoms with Crippen molar-refractivity contribution in [1.29, 1.82) is 0 Å². The first-order chi connectivity index (χ1) is 9.61. The molecule has 2 aliphatic carbocycles. The fraction of sp³-hybridized carbons (Fsp3) is 1.00. The first kappa shape index (κ1) is 16.3. The molecule has 2 N–H and O–H groups in total. The maximum Gasteiger partial charge on any atom is 0.0141 e. The summed E-state index contributed by atoms with van der Waals surface area (Å²) in [6.45, 7) is 9.35. The van der Waals surface area contributed by atoms with Crippen LogP contribution in [0.5, 0.6) is 0 Å². The van der Waals surface area contributed by atoms with Crippen LogP contribution in [0.4, 0.5) is 0 Å². The molecule has 3 atom stereocenters. The maximum atomic E-state index is 6.10. The smallest absolute Gasteiger partial charge is 0.0141 e. The van der Waals surface area contributed by atoms with Gasteiger partial charge in [-0.05, 0) is 62.9 Å². The number of rotatable bonds is 6. The van der Waals surface area contributed by atoms with Crippen molar-refractivity contribution in [3.63, 3.8) is 0 Å². The molecule has 118 valence electrons. The molecular weight excluding hydrogens is 244 g/mol. The van der Waals surface area contributed by atoms with Crippen LogP contribution in [0, 0.1) is 17.8 Å². The van der Waals surface area contributed by atoms with Crippen LogP contribution in [-0.2, 0) is 0 Å². The van der Waals surface area contributed by atoms with E-state index in [9.17, 15) is 0 Å². The van der Waals surface area contributed by atoms with Gasteiger partial charge in [0.2, 0.25) is 0 Å². The monoisotopic (exact) mass is 280 g/mol. The Morgan fingerprint density at radius 2 is 1.80 bits per heavy atom. The second kappa shape index (κ2) is 7.79. The van der Waals surface area contributed by atoms with Crippen LogP contribution in [0.1, 0.15) is 72.1 Å². The summed E-state index contributed by atoms with van der Waals surface area (Å²) in [5.74, 6) is 2.46. The number of nitrogens with two attached hydrogens (primary N) is 1. The minimum Gasteiger partial charge on any atom is -0.330 e. The highest BCUT2D eigenvalue weighted by Gasteiger charge is 2.36. The van der Waals surface area contributed by atoms with Crippen LogP contribution in [-0.4, -0.2) is 30.1 Å². The normalized spacial score (nSPS) is 32.4. The highest BCUT2D eigenvalue weighted by atomic mass is 15.2. The summed E-state index contributed by atoms with van der Waals surface area (Å²) in [5.41, 5.74) is 6.10. The number of nitrogens with zero attached hydrogens (tertiary/aromatic N) is 1. The largest absolute Gasteiger partial charge is 0.330 e. The molecule has 2 fully saturated rings. The van der Waals surface area contributed by atoms with Crippen LogP contribution in [0.25, 0.3) is 0 Å². The second-order valence-electron chi connectivity index (χ2n) is 7.84. The van der Waals surface area contributed by atoms with Crippen molar-refractivity contribution in [2.75, 3.05) is 13.1 Å². The lowest BCUT2D eigenvalue weighted by Gasteiger charge is -2.45. The first-order valence-corrected chi connectivity index (χ1v) is 9.07. The Hall–Kier alpha value is -0.0800. The van der Waals surface area contributed by atoms with Gasteiger partial charge in [-0.25, -0.2) is 0 Å². The van der Waals surface area contributed by atoms with E-state index in [2.05, 4.69) is 25.7 Å². The highest BCUT2D eigenvalue weighted by molar-refractivity contribution is 4.91. The van der Waals surface area contributed by atoms with Gasteiger partial charge in [0.15, 0.2) is 0 Å². The van der Waals surface area contributed by atoms with E-state index >= 15 is 0 Å².